The van der Waals surface area contributed by atoms with E-state index in [1.54, 1.807) is 11.8 Å². The second kappa shape index (κ2) is 6.62. The largest absolute Gasteiger partial charge is 0.389 e. The molecule has 0 amide bonds. The maximum atomic E-state index is 9.54. The Bertz CT molecular complexity index is 301. The fourth-order valence-corrected chi connectivity index (χ4v) is 1.65. The minimum absolute atomic E-state index is 0.236. The van der Waals surface area contributed by atoms with Crippen LogP contribution in [0, 0.1) is 0 Å². The molecule has 0 aromatic carbocycles. The molecule has 1 heterocycles. The molecule has 0 fully saturated rings. The summed E-state index contributed by atoms with van der Waals surface area (Å²) in [7, 11) is 3.48. The molecule has 0 radical (unpaired) electrons. The van der Waals surface area contributed by atoms with E-state index in [4.69, 9.17) is 4.74 Å². The van der Waals surface area contributed by atoms with Gasteiger partial charge in [0.15, 0.2) is 0 Å². The summed E-state index contributed by atoms with van der Waals surface area (Å²) >= 11 is 0. The molecule has 0 saturated heterocycles. The van der Waals surface area contributed by atoms with Gasteiger partial charge in [-0.2, -0.15) is 5.10 Å². The summed E-state index contributed by atoms with van der Waals surface area (Å²) in [5, 5.41) is 17.0. The Morgan fingerprint density at radius 1 is 1.62 bits per heavy atom. The summed E-state index contributed by atoms with van der Waals surface area (Å²) in [4.78, 5) is 0. The zero-order valence-electron chi connectivity index (χ0n) is 10.2. The zero-order chi connectivity index (χ0) is 12.0. The SMILES string of the molecule is CCC(NCC(O)COC)c1cnn(C)c1. The molecule has 2 unspecified atom stereocenters. The highest BCUT2D eigenvalue weighted by atomic mass is 16.5. The van der Waals surface area contributed by atoms with Crippen LogP contribution < -0.4 is 5.32 Å². The van der Waals surface area contributed by atoms with Gasteiger partial charge in [-0.25, -0.2) is 0 Å². The molecule has 0 aliphatic rings. The lowest BCUT2D eigenvalue weighted by Crippen LogP contribution is -2.32. The van der Waals surface area contributed by atoms with Crippen LogP contribution in [0.25, 0.3) is 0 Å². The highest BCUT2D eigenvalue weighted by molar-refractivity contribution is 5.09. The van der Waals surface area contributed by atoms with E-state index in [1.807, 2.05) is 19.4 Å². The monoisotopic (exact) mass is 227 g/mol. The quantitative estimate of drug-likeness (QED) is 0.711. The molecule has 0 saturated carbocycles. The minimum atomic E-state index is -0.462. The molecule has 0 aliphatic heterocycles. The summed E-state index contributed by atoms with van der Waals surface area (Å²) in [6, 6.07) is 0.236. The minimum Gasteiger partial charge on any atom is -0.389 e. The summed E-state index contributed by atoms with van der Waals surface area (Å²) in [6.45, 7) is 2.99. The highest BCUT2D eigenvalue weighted by Crippen LogP contribution is 2.14. The molecule has 0 spiro atoms. The molecule has 5 heteroatoms. The number of rotatable bonds is 7. The van der Waals surface area contributed by atoms with E-state index in [1.165, 1.54) is 0 Å². The van der Waals surface area contributed by atoms with E-state index in [0.717, 1.165) is 12.0 Å². The fraction of sp³-hybridized carbons (Fsp3) is 0.727. The number of nitrogens with one attached hydrogen (secondary N) is 1. The maximum absolute atomic E-state index is 9.54. The van der Waals surface area contributed by atoms with Gasteiger partial charge in [0, 0.05) is 38.5 Å². The normalized spacial score (nSPS) is 15.0. The molecular formula is C11H21N3O2. The summed E-state index contributed by atoms with van der Waals surface area (Å²) < 4.78 is 6.66. The van der Waals surface area contributed by atoms with Gasteiger partial charge in [0.2, 0.25) is 0 Å². The average molecular weight is 227 g/mol. The number of nitrogens with zero attached hydrogens (tertiary/aromatic N) is 2. The molecule has 5 nitrogen and oxygen atoms in total. The van der Waals surface area contributed by atoms with Crippen molar-refractivity contribution in [2.24, 2.45) is 7.05 Å². The Morgan fingerprint density at radius 2 is 2.38 bits per heavy atom. The van der Waals surface area contributed by atoms with Gasteiger partial charge in [0.25, 0.3) is 0 Å². The van der Waals surface area contributed by atoms with Crippen molar-refractivity contribution in [3.05, 3.63) is 18.0 Å². The molecule has 0 aliphatic carbocycles. The topological polar surface area (TPSA) is 59.3 Å². The van der Waals surface area contributed by atoms with Crippen LogP contribution >= 0.6 is 0 Å². The van der Waals surface area contributed by atoms with Crippen molar-refractivity contribution in [2.45, 2.75) is 25.5 Å². The second-order valence-electron chi connectivity index (χ2n) is 3.93. The van der Waals surface area contributed by atoms with E-state index >= 15 is 0 Å². The number of hydrogen-bond acceptors (Lipinski definition) is 4. The Morgan fingerprint density at radius 3 is 2.88 bits per heavy atom. The third-order valence-electron chi connectivity index (χ3n) is 2.49. The lowest BCUT2D eigenvalue weighted by Gasteiger charge is -2.17. The number of methoxy groups -OCH3 is 1. The number of aliphatic hydroxyl groups is 1. The molecule has 1 aromatic rings. The van der Waals surface area contributed by atoms with Crippen LogP contribution in [-0.2, 0) is 11.8 Å². The molecule has 0 bridgehead atoms. The van der Waals surface area contributed by atoms with Crippen molar-refractivity contribution in [3.63, 3.8) is 0 Å². The van der Waals surface area contributed by atoms with Crippen LogP contribution in [0.1, 0.15) is 24.9 Å². The Labute approximate surface area is 96.4 Å². The van der Waals surface area contributed by atoms with Gasteiger partial charge in [0.05, 0.1) is 18.9 Å². The van der Waals surface area contributed by atoms with Crippen molar-refractivity contribution >= 4 is 0 Å². The predicted octanol–water partition coefficient (Wildman–Crippen LogP) is 0.468. The number of ether oxygens (including phenoxy) is 1. The third-order valence-corrected chi connectivity index (χ3v) is 2.49. The van der Waals surface area contributed by atoms with Crippen LogP contribution in [-0.4, -0.2) is 41.3 Å². The van der Waals surface area contributed by atoms with Crippen LogP contribution in [0.3, 0.4) is 0 Å². The summed E-state index contributed by atoms with van der Waals surface area (Å²) in [5.74, 6) is 0. The van der Waals surface area contributed by atoms with Gasteiger partial charge < -0.3 is 15.2 Å². The van der Waals surface area contributed by atoms with Crippen molar-refractivity contribution in [2.75, 3.05) is 20.3 Å². The number of hydrogen-bond donors (Lipinski definition) is 2. The first kappa shape index (κ1) is 13.2. The van der Waals surface area contributed by atoms with Crippen LogP contribution in [0.15, 0.2) is 12.4 Å². The van der Waals surface area contributed by atoms with Gasteiger partial charge in [-0.15, -0.1) is 0 Å². The first-order valence-electron chi connectivity index (χ1n) is 5.56. The Balaban J connectivity index is 2.43. The first-order valence-corrected chi connectivity index (χ1v) is 5.56. The van der Waals surface area contributed by atoms with Crippen LogP contribution in [0.5, 0.6) is 0 Å². The molecule has 1 rings (SSSR count). The molecule has 2 atom stereocenters. The third kappa shape index (κ3) is 3.92. The zero-order valence-corrected chi connectivity index (χ0v) is 10.2. The van der Waals surface area contributed by atoms with Gasteiger partial charge >= 0.3 is 0 Å². The van der Waals surface area contributed by atoms with E-state index in [0.29, 0.717) is 13.2 Å². The average Bonchev–Trinajstić information content (AvgIpc) is 2.66. The Kier molecular flexibility index (Phi) is 5.45. The van der Waals surface area contributed by atoms with Crippen molar-refractivity contribution < 1.29 is 9.84 Å². The second-order valence-corrected chi connectivity index (χ2v) is 3.93. The van der Waals surface area contributed by atoms with E-state index in [-0.39, 0.29) is 6.04 Å². The van der Waals surface area contributed by atoms with Gasteiger partial charge in [-0.1, -0.05) is 6.92 Å². The maximum Gasteiger partial charge on any atom is 0.0897 e. The lowest BCUT2D eigenvalue weighted by atomic mass is 10.1. The predicted molar refractivity (Wildman–Crippen MR) is 62.1 cm³/mol. The summed E-state index contributed by atoms with van der Waals surface area (Å²) in [6.07, 6.45) is 4.34. The van der Waals surface area contributed by atoms with Crippen molar-refractivity contribution in [1.82, 2.24) is 15.1 Å². The molecular weight excluding hydrogens is 206 g/mol. The fourth-order valence-electron chi connectivity index (χ4n) is 1.65. The molecule has 92 valence electrons. The molecule has 1 aromatic heterocycles. The van der Waals surface area contributed by atoms with Crippen LogP contribution in [0.4, 0.5) is 0 Å². The molecule has 2 N–H and O–H groups in total. The van der Waals surface area contributed by atoms with Gasteiger partial charge in [-0.05, 0) is 6.42 Å². The summed E-state index contributed by atoms with van der Waals surface area (Å²) in [5.41, 5.74) is 1.15. The van der Waals surface area contributed by atoms with Crippen LogP contribution in [0.2, 0.25) is 0 Å². The van der Waals surface area contributed by atoms with Crippen molar-refractivity contribution in [3.8, 4) is 0 Å². The standard InChI is InChI=1S/C11H21N3O2/c1-4-11(9-5-13-14(2)7-9)12-6-10(15)8-16-3/h5,7,10-12,15H,4,6,8H2,1-3H3. The number of aliphatic hydroxyl groups excluding tert-OH is 1. The number of aryl methyl sites for hydroxylation is 1. The Hall–Kier alpha value is -0.910. The molecule has 16 heavy (non-hydrogen) atoms. The van der Waals surface area contributed by atoms with Gasteiger partial charge in [-0.3, -0.25) is 4.68 Å². The number of aromatic nitrogens is 2. The lowest BCUT2D eigenvalue weighted by molar-refractivity contribution is 0.0626. The first-order chi connectivity index (χ1) is 7.67. The van der Waals surface area contributed by atoms with E-state index in [2.05, 4.69) is 17.3 Å². The smallest absolute Gasteiger partial charge is 0.0897 e. The van der Waals surface area contributed by atoms with Gasteiger partial charge in [0.1, 0.15) is 0 Å². The van der Waals surface area contributed by atoms with E-state index < -0.39 is 6.10 Å². The van der Waals surface area contributed by atoms with E-state index in [9.17, 15) is 5.11 Å². The highest BCUT2D eigenvalue weighted by Gasteiger charge is 2.12. The van der Waals surface area contributed by atoms with Crippen molar-refractivity contribution in [1.29, 1.82) is 0 Å².